The molecule has 6 heteroatoms. The van der Waals surface area contributed by atoms with Crippen LogP contribution in [0.4, 0.5) is 0 Å². The number of pyridine rings is 1. The molecule has 19 heavy (non-hydrogen) atoms. The molecule has 0 spiro atoms. The smallest absolute Gasteiger partial charge is 0.137 e. The zero-order valence-corrected chi connectivity index (χ0v) is 12.0. The van der Waals surface area contributed by atoms with Gasteiger partial charge in [0.25, 0.3) is 0 Å². The molecule has 0 radical (unpaired) electrons. The Morgan fingerprint density at radius 1 is 1.37 bits per heavy atom. The Hall–Kier alpha value is -1.53. The molecule has 2 rings (SSSR count). The van der Waals surface area contributed by atoms with Crippen LogP contribution < -0.4 is 10.1 Å². The van der Waals surface area contributed by atoms with Gasteiger partial charge in [-0.3, -0.25) is 4.98 Å². The minimum atomic E-state index is 0.0200. The van der Waals surface area contributed by atoms with Crippen molar-refractivity contribution in [2.75, 3.05) is 13.2 Å². The van der Waals surface area contributed by atoms with Gasteiger partial charge in [-0.1, -0.05) is 11.4 Å². The molecule has 0 aliphatic rings. The fourth-order valence-electron chi connectivity index (χ4n) is 1.82. The highest BCUT2D eigenvalue weighted by Crippen LogP contribution is 2.23. The molecule has 0 saturated heterocycles. The van der Waals surface area contributed by atoms with Gasteiger partial charge in [0.05, 0.1) is 24.5 Å². The van der Waals surface area contributed by atoms with E-state index in [9.17, 15) is 0 Å². The van der Waals surface area contributed by atoms with Crippen molar-refractivity contribution in [3.63, 3.8) is 0 Å². The first-order valence-corrected chi connectivity index (χ1v) is 7.26. The molecule has 2 aromatic heterocycles. The van der Waals surface area contributed by atoms with Crippen LogP contribution in [0, 0.1) is 0 Å². The molecule has 0 amide bonds. The highest BCUT2D eigenvalue weighted by Gasteiger charge is 2.17. The molecule has 0 saturated carbocycles. The molecule has 102 valence electrons. The van der Waals surface area contributed by atoms with E-state index in [1.54, 1.807) is 6.20 Å². The number of hydrogen-bond donors (Lipinski definition) is 1. The van der Waals surface area contributed by atoms with Crippen molar-refractivity contribution in [2.24, 2.45) is 0 Å². The molecule has 0 fully saturated rings. The van der Waals surface area contributed by atoms with Gasteiger partial charge >= 0.3 is 0 Å². The third-order valence-electron chi connectivity index (χ3n) is 2.65. The summed E-state index contributed by atoms with van der Waals surface area (Å²) in [7, 11) is 0. The van der Waals surface area contributed by atoms with E-state index < -0.39 is 0 Å². The van der Waals surface area contributed by atoms with Gasteiger partial charge in [0.15, 0.2) is 0 Å². The second-order valence-electron chi connectivity index (χ2n) is 4.10. The largest absolute Gasteiger partial charge is 0.492 e. The van der Waals surface area contributed by atoms with E-state index in [1.165, 1.54) is 11.5 Å². The first kappa shape index (κ1) is 13.9. The lowest BCUT2D eigenvalue weighted by Crippen LogP contribution is -2.23. The Bertz CT molecular complexity index is 489. The lowest BCUT2D eigenvalue weighted by atomic mass is 10.1. The molecule has 1 unspecified atom stereocenters. The SMILES string of the molecule is CCCNC(c1cncc(OCC)c1)c1csnn1. The topological polar surface area (TPSA) is 59.9 Å². The summed E-state index contributed by atoms with van der Waals surface area (Å²) in [4.78, 5) is 4.23. The minimum Gasteiger partial charge on any atom is -0.492 e. The number of ether oxygens (including phenoxy) is 1. The second kappa shape index (κ2) is 7.16. The quantitative estimate of drug-likeness (QED) is 0.843. The Morgan fingerprint density at radius 3 is 2.95 bits per heavy atom. The predicted molar refractivity (Wildman–Crippen MR) is 75.5 cm³/mol. The van der Waals surface area contributed by atoms with Crippen LogP contribution in [0.2, 0.25) is 0 Å². The Labute approximate surface area is 117 Å². The maximum Gasteiger partial charge on any atom is 0.137 e. The van der Waals surface area contributed by atoms with Crippen LogP contribution in [0.15, 0.2) is 23.8 Å². The Kier molecular flexibility index (Phi) is 5.23. The van der Waals surface area contributed by atoms with Crippen molar-refractivity contribution < 1.29 is 4.74 Å². The molecule has 2 aromatic rings. The van der Waals surface area contributed by atoms with Gasteiger partial charge in [0, 0.05) is 11.6 Å². The van der Waals surface area contributed by atoms with E-state index >= 15 is 0 Å². The highest BCUT2D eigenvalue weighted by atomic mass is 32.1. The number of nitrogens with zero attached hydrogens (tertiary/aromatic N) is 3. The van der Waals surface area contributed by atoms with E-state index in [2.05, 4.69) is 26.8 Å². The van der Waals surface area contributed by atoms with Gasteiger partial charge in [0.2, 0.25) is 0 Å². The normalized spacial score (nSPS) is 12.3. The lowest BCUT2D eigenvalue weighted by molar-refractivity contribution is 0.338. The number of aromatic nitrogens is 3. The van der Waals surface area contributed by atoms with Gasteiger partial charge < -0.3 is 10.1 Å². The molecule has 5 nitrogen and oxygen atoms in total. The third kappa shape index (κ3) is 3.71. The van der Waals surface area contributed by atoms with Crippen molar-refractivity contribution >= 4 is 11.5 Å². The van der Waals surface area contributed by atoms with E-state index in [0.29, 0.717) is 6.61 Å². The standard InChI is InChI=1S/C13H18N4OS/c1-3-5-15-13(12-9-19-17-16-12)10-6-11(18-4-2)8-14-7-10/h6-9,13,15H,3-5H2,1-2H3. The van der Waals surface area contributed by atoms with E-state index in [0.717, 1.165) is 30.0 Å². The number of nitrogens with one attached hydrogen (secondary N) is 1. The summed E-state index contributed by atoms with van der Waals surface area (Å²) in [5.74, 6) is 0.784. The van der Waals surface area contributed by atoms with Crippen molar-refractivity contribution in [3.8, 4) is 5.75 Å². The fraction of sp³-hybridized carbons (Fsp3) is 0.462. The Balaban J connectivity index is 2.24. The first-order valence-electron chi connectivity index (χ1n) is 6.43. The monoisotopic (exact) mass is 278 g/mol. The van der Waals surface area contributed by atoms with Crippen molar-refractivity contribution in [1.82, 2.24) is 19.9 Å². The van der Waals surface area contributed by atoms with Gasteiger partial charge in [-0.2, -0.15) is 0 Å². The summed E-state index contributed by atoms with van der Waals surface area (Å²) in [5, 5.41) is 9.58. The van der Waals surface area contributed by atoms with Crippen LogP contribution in [0.5, 0.6) is 5.75 Å². The molecule has 0 aliphatic heterocycles. The highest BCUT2D eigenvalue weighted by molar-refractivity contribution is 7.03. The summed E-state index contributed by atoms with van der Waals surface area (Å²) >= 11 is 1.36. The molecule has 0 bridgehead atoms. The average Bonchev–Trinajstić information content (AvgIpc) is 2.94. The van der Waals surface area contributed by atoms with Gasteiger partial charge in [-0.05, 0) is 43.1 Å². The molecule has 0 aliphatic carbocycles. The summed E-state index contributed by atoms with van der Waals surface area (Å²) in [6.45, 7) is 5.65. The van der Waals surface area contributed by atoms with Crippen molar-refractivity contribution in [1.29, 1.82) is 0 Å². The van der Waals surface area contributed by atoms with E-state index in [1.807, 2.05) is 24.6 Å². The summed E-state index contributed by atoms with van der Waals surface area (Å²) in [6.07, 6.45) is 4.63. The molecule has 1 N–H and O–H groups in total. The second-order valence-corrected chi connectivity index (χ2v) is 4.71. The van der Waals surface area contributed by atoms with E-state index in [-0.39, 0.29) is 6.04 Å². The lowest BCUT2D eigenvalue weighted by Gasteiger charge is -2.16. The molecular weight excluding hydrogens is 260 g/mol. The van der Waals surface area contributed by atoms with Crippen molar-refractivity contribution in [3.05, 3.63) is 35.1 Å². The summed E-state index contributed by atoms with van der Waals surface area (Å²) < 4.78 is 9.43. The zero-order chi connectivity index (χ0) is 13.5. The van der Waals surface area contributed by atoms with Crippen LogP contribution in [0.3, 0.4) is 0 Å². The first-order chi connectivity index (χ1) is 9.35. The fourth-order valence-corrected chi connectivity index (χ4v) is 2.30. The molecular formula is C13H18N4OS. The summed E-state index contributed by atoms with van der Waals surface area (Å²) in [5.41, 5.74) is 1.97. The van der Waals surface area contributed by atoms with Crippen LogP contribution in [-0.2, 0) is 0 Å². The minimum absolute atomic E-state index is 0.0200. The van der Waals surface area contributed by atoms with Gasteiger partial charge in [0.1, 0.15) is 5.75 Å². The Morgan fingerprint density at radius 2 is 2.26 bits per heavy atom. The average molecular weight is 278 g/mol. The molecule has 0 aromatic carbocycles. The molecule has 2 heterocycles. The van der Waals surface area contributed by atoms with Crippen LogP contribution >= 0.6 is 11.5 Å². The maximum absolute atomic E-state index is 5.49. The van der Waals surface area contributed by atoms with Crippen LogP contribution in [-0.4, -0.2) is 27.7 Å². The van der Waals surface area contributed by atoms with Crippen LogP contribution in [0.25, 0.3) is 0 Å². The van der Waals surface area contributed by atoms with E-state index in [4.69, 9.17) is 4.74 Å². The predicted octanol–water partition coefficient (Wildman–Crippen LogP) is 2.42. The number of hydrogen-bond acceptors (Lipinski definition) is 6. The van der Waals surface area contributed by atoms with Crippen molar-refractivity contribution in [2.45, 2.75) is 26.3 Å². The summed E-state index contributed by atoms with van der Waals surface area (Å²) in [6, 6.07) is 2.02. The van der Waals surface area contributed by atoms with Gasteiger partial charge in [-0.25, -0.2) is 0 Å². The van der Waals surface area contributed by atoms with Gasteiger partial charge in [-0.15, -0.1) is 5.10 Å². The third-order valence-corrected chi connectivity index (χ3v) is 3.17. The maximum atomic E-state index is 5.49. The zero-order valence-electron chi connectivity index (χ0n) is 11.2. The molecule has 1 atom stereocenters. The van der Waals surface area contributed by atoms with Crippen LogP contribution in [0.1, 0.15) is 37.6 Å². The number of rotatable bonds is 7.